The normalized spacial score (nSPS) is 10.4. The van der Waals surface area contributed by atoms with Crippen molar-refractivity contribution in [3.05, 3.63) is 70.5 Å². The Balaban J connectivity index is 1.76. The van der Waals surface area contributed by atoms with Crippen LogP contribution in [0.25, 0.3) is 5.69 Å². The number of rotatable bonds is 10. The number of hydrogen-bond acceptors (Lipinski definition) is 8. The van der Waals surface area contributed by atoms with Gasteiger partial charge >= 0.3 is 5.97 Å². The van der Waals surface area contributed by atoms with Gasteiger partial charge < -0.3 is 19.5 Å². The molecule has 0 unspecified atom stereocenters. The summed E-state index contributed by atoms with van der Waals surface area (Å²) < 4.78 is 17.2. The summed E-state index contributed by atoms with van der Waals surface area (Å²) in [6.45, 7) is 3.37. The van der Waals surface area contributed by atoms with Gasteiger partial charge in [0.15, 0.2) is 12.4 Å². The number of nitrogens with one attached hydrogen (secondary N) is 1. The minimum absolute atomic E-state index is 0.0114. The van der Waals surface area contributed by atoms with Gasteiger partial charge in [0.1, 0.15) is 11.4 Å². The molecule has 11 heteroatoms. The molecule has 2 aromatic carbocycles. The summed E-state index contributed by atoms with van der Waals surface area (Å²) in [4.78, 5) is 35.4. The summed E-state index contributed by atoms with van der Waals surface area (Å²) in [6.07, 6.45) is 1.45. The van der Waals surface area contributed by atoms with E-state index in [0.29, 0.717) is 18.0 Å². The van der Waals surface area contributed by atoms with Gasteiger partial charge in [-0.1, -0.05) is 18.2 Å². The first-order valence-corrected chi connectivity index (χ1v) is 10.1. The molecule has 33 heavy (non-hydrogen) atoms. The SMILES string of the molecule is CCOC(=O)c1nn(-c2ccccc2)cc1OCC(=O)Nc1ccc(OCC)cc1[N+](=O)[O-]. The van der Waals surface area contributed by atoms with Gasteiger partial charge in [-0.05, 0) is 38.1 Å². The molecule has 1 aromatic heterocycles. The molecule has 172 valence electrons. The highest BCUT2D eigenvalue weighted by molar-refractivity contribution is 5.95. The lowest BCUT2D eigenvalue weighted by molar-refractivity contribution is -0.384. The first kappa shape index (κ1) is 23.3. The zero-order valence-electron chi connectivity index (χ0n) is 18.0. The fourth-order valence-electron chi connectivity index (χ4n) is 2.87. The van der Waals surface area contributed by atoms with Crippen LogP contribution in [0.2, 0.25) is 0 Å². The van der Waals surface area contributed by atoms with Crippen LogP contribution in [0.5, 0.6) is 11.5 Å². The third kappa shape index (κ3) is 5.85. The molecular weight excluding hydrogens is 432 g/mol. The zero-order valence-corrected chi connectivity index (χ0v) is 18.0. The molecule has 0 bridgehead atoms. The second kappa shape index (κ2) is 10.8. The van der Waals surface area contributed by atoms with E-state index < -0.39 is 23.4 Å². The molecule has 0 saturated carbocycles. The van der Waals surface area contributed by atoms with E-state index in [1.54, 1.807) is 38.1 Å². The smallest absolute Gasteiger partial charge is 0.362 e. The Hall–Kier alpha value is -4.41. The average Bonchev–Trinajstić information content (AvgIpc) is 3.24. The van der Waals surface area contributed by atoms with Crippen molar-refractivity contribution in [2.45, 2.75) is 13.8 Å². The van der Waals surface area contributed by atoms with Crippen molar-refractivity contribution >= 4 is 23.3 Å². The van der Waals surface area contributed by atoms with E-state index in [2.05, 4.69) is 10.4 Å². The molecule has 3 aromatic rings. The lowest BCUT2D eigenvalue weighted by Gasteiger charge is -2.09. The van der Waals surface area contributed by atoms with Crippen LogP contribution in [-0.2, 0) is 9.53 Å². The van der Waals surface area contributed by atoms with Crippen LogP contribution in [-0.4, -0.2) is 46.4 Å². The number of aromatic nitrogens is 2. The van der Waals surface area contributed by atoms with E-state index in [4.69, 9.17) is 14.2 Å². The highest BCUT2D eigenvalue weighted by Gasteiger charge is 2.22. The standard InChI is InChI=1S/C22H22N4O7/c1-3-31-16-10-11-17(18(12-16)26(29)30)23-20(27)14-33-19-13-25(15-8-6-5-7-9-15)24-21(19)22(28)32-4-2/h5-13H,3-4,14H2,1-2H3,(H,23,27). The average molecular weight is 454 g/mol. The van der Waals surface area contributed by atoms with Gasteiger partial charge in [0.25, 0.3) is 11.6 Å². The summed E-state index contributed by atoms with van der Waals surface area (Å²) in [6, 6.07) is 13.1. The second-order valence-electron chi connectivity index (χ2n) is 6.55. The molecule has 3 rings (SSSR count). The maximum Gasteiger partial charge on any atom is 0.362 e. The second-order valence-corrected chi connectivity index (χ2v) is 6.55. The number of hydrogen-bond donors (Lipinski definition) is 1. The van der Waals surface area contributed by atoms with Crippen molar-refractivity contribution in [3.8, 4) is 17.2 Å². The van der Waals surface area contributed by atoms with Crippen LogP contribution >= 0.6 is 0 Å². The quantitative estimate of drug-likeness (QED) is 0.280. The van der Waals surface area contributed by atoms with E-state index in [1.165, 1.54) is 29.1 Å². The van der Waals surface area contributed by atoms with Crippen molar-refractivity contribution in [1.82, 2.24) is 9.78 Å². The van der Waals surface area contributed by atoms with Gasteiger partial charge in [-0.2, -0.15) is 5.10 Å². The number of anilines is 1. The van der Waals surface area contributed by atoms with E-state index in [1.807, 2.05) is 6.07 Å². The van der Waals surface area contributed by atoms with E-state index in [0.717, 1.165) is 0 Å². The number of para-hydroxylation sites is 1. The molecule has 0 aliphatic rings. The highest BCUT2D eigenvalue weighted by atomic mass is 16.6. The maximum absolute atomic E-state index is 12.4. The van der Waals surface area contributed by atoms with Gasteiger partial charge in [0.2, 0.25) is 5.69 Å². The number of ether oxygens (including phenoxy) is 3. The van der Waals surface area contributed by atoms with Crippen LogP contribution in [0.4, 0.5) is 11.4 Å². The molecule has 1 N–H and O–H groups in total. The number of nitro groups is 1. The van der Waals surface area contributed by atoms with E-state index in [-0.39, 0.29) is 29.4 Å². The van der Waals surface area contributed by atoms with Crippen LogP contribution in [0.3, 0.4) is 0 Å². The van der Waals surface area contributed by atoms with E-state index >= 15 is 0 Å². The summed E-state index contributed by atoms with van der Waals surface area (Å²) >= 11 is 0. The largest absolute Gasteiger partial charge is 0.494 e. The summed E-state index contributed by atoms with van der Waals surface area (Å²) in [7, 11) is 0. The van der Waals surface area contributed by atoms with Gasteiger partial charge in [-0.3, -0.25) is 14.9 Å². The third-order valence-electron chi connectivity index (χ3n) is 4.28. The van der Waals surface area contributed by atoms with Crippen molar-refractivity contribution in [1.29, 1.82) is 0 Å². The molecule has 11 nitrogen and oxygen atoms in total. The molecule has 0 radical (unpaired) electrons. The van der Waals surface area contributed by atoms with E-state index in [9.17, 15) is 19.7 Å². The minimum atomic E-state index is -0.704. The Bertz CT molecular complexity index is 1140. The van der Waals surface area contributed by atoms with Crippen molar-refractivity contribution in [2.24, 2.45) is 0 Å². The summed E-state index contributed by atoms with van der Waals surface area (Å²) in [5.41, 5.74) is 0.244. The predicted octanol–water partition coefficient (Wildman–Crippen LogP) is 3.37. The molecule has 1 heterocycles. The lowest BCUT2D eigenvalue weighted by atomic mass is 10.2. The van der Waals surface area contributed by atoms with Crippen LogP contribution in [0.1, 0.15) is 24.3 Å². The van der Waals surface area contributed by atoms with Gasteiger partial charge in [0.05, 0.1) is 36.1 Å². The van der Waals surface area contributed by atoms with Crippen LogP contribution < -0.4 is 14.8 Å². The zero-order chi connectivity index (χ0) is 23.8. The highest BCUT2D eigenvalue weighted by Crippen LogP contribution is 2.29. The summed E-state index contributed by atoms with van der Waals surface area (Å²) in [5, 5.41) is 18.0. The molecule has 0 spiro atoms. The Morgan fingerprint density at radius 1 is 1.09 bits per heavy atom. The Kier molecular flexibility index (Phi) is 7.58. The van der Waals surface area contributed by atoms with Crippen LogP contribution in [0.15, 0.2) is 54.7 Å². The van der Waals surface area contributed by atoms with Gasteiger partial charge in [-0.15, -0.1) is 0 Å². The first-order valence-electron chi connectivity index (χ1n) is 10.1. The summed E-state index contributed by atoms with van der Waals surface area (Å²) in [5.74, 6) is -1.02. The fraction of sp³-hybridized carbons (Fsp3) is 0.227. The molecule has 0 aliphatic carbocycles. The number of benzene rings is 2. The van der Waals surface area contributed by atoms with Crippen LogP contribution in [0, 0.1) is 10.1 Å². The molecule has 0 aliphatic heterocycles. The molecule has 0 fully saturated rings. The number of amides is 1. The fourth-order valence-corrected chi connectivity index (χ4v) is 2.87. The number of esters is 1. The van der Waals surface area contributed by atoms with Gasteiger partial charge in [-0.25, -0.2) is 9.48 Å². The van der Waals surface area contributed by atoms with Crippen molar-refractivity contribution < 1.29 is 28.7 Å². The first-order chi connectivity index (χ1) is 15.9. The number of carbonyl (C=O) groups is 2. The number of carbonyl (C=O) groups excluding carboxylic acids is 2. The van der Waals surface area contributed by atoms with Gasteiger partial charge in [0, 0.05) is 0 Å². The Labute approximate surface area is 189 Å². The Morgan fingerprint density at radius 2 is 1.85 bits per heavy atom. The number of nitrogens with zero attached hydrogens (tertiary/aromatic N) is 3. The topological polar surface area (TPSA) is 135 Å². The van der Waals surface area contributed by atoms with Crippen molar-refractivity contribution in [2.75, 3.05) is 25.1 Å². The Morgan fingerprint density at radius 3 is 2.52 bits per heavy atom. The third-order valence-corrected chi connectivity index (χ3v) is 4.28. The predicted molar refractivity (Wildman–Crippen MR) is 118 cm³/mol. The molecular formula is C22H22N4O7. The minimum Gasteiger partial charge on any atom is -0.494 e. The lowest BCUT2D eigenvalue weighted by Crippen LogP contribution is -2.21. The maximum atomic E-state index is 12.4. The monoisotopic (exact) mass is 454 g/mol. The van der Waals surface area contributed by atoms with Crippen molar-refractivity contribution in [3.63, 3.8) is 0 Å². The molecule has 0 atom stereocenters. The molecule has 1 amide bonds. The number of nitro benzene ring substituents is 1. The molecule has 0 saturated heterocycles.